The maximum Gasteiger partial charge on any atom is 0.416 e. The molecule has 0 N–H and O–H groups in total. The Balaban J connectivity index is 1.40. The highest BCUT2D eigenvalue weighted by Gasteiger charge is 2.31. The molecule has 0 saturated heterocycles. The summed E-state index contributed by atoms with van der Waals surface area (Å²) in [6.07, 6.45) is -4.81. The summed E-state index contributed by atoms with van der Waals surface area (Å²) in [5.74, 6) is -0.308. The van der Waals surface area contributed by atoms with Gasteiger partial charge < -0.3 is 9.26 Å². The number of hydrogen-bond donors (Lipinski definition) is 0. The molecule has 7 nitrogen and oxygen atoms in total. The smallest absolute Gasteiger partial charge is 0.365 e. The number of alkyl halides is 3. The minimum Gasteiger partial charge on any atom is -0.365 e. The average molecular weight is 431 g/mol. The maximum absolute atomic E-state index is 13.1. The summed E-state index contributed by atoms with van der Waals surface area (Å²) in [6, 6.07) is 10.6. The number of ether oxygens (including phenoxy) is 1. The lowest BCUT2D eigenvalue weighted by Crippen LogP contribution is -2.22. The van der Waals surface area contributed by atoms with Gasteiger partial charge in [-0.3, -0.25) is 0 Å². The van der Waals surface area contributed by atoms with Gasteiger partial charge >= 0.3 is 6.18 Å². The number of fused-ring (bicyclic) bond motifs is 1. The molecule has 0 radical (unpaired) electrons. The van der Waals surface area contributed by atoms with Crippen LogP contribution < -0.4 is 0 Å². The Morgan fingerprint density at radius 3 is 2.65 bits per heavy atom. The summed E-state index contributed by atoms with van der Waals surface area (Å²) in [5.41, 5.74) is 1.05. The SMILES string of the molecule is Fc1ccc(C2Cn3nnc(-c4nc(-c5cccc(C(F)(F)F)c5)no4)c3CO2)cc1. The number of aromatic nitrogens is 5. The molecule has 4 aromatic rings. The average Bonchev–Trinajstić information content (AvgIpc) is 3.40. The zero-order valence-electron chi connectivity index (χ0n) is 15.7. The molecule has 11 heteroatoms. The van der Waals surface area contributed by atoms with E-state index in [1.54, 1.807) is 16.8 Å². The van der Waals surface area contributed by atoms with Crippen molar-refractivity contribution in [3.8, 4) is 23.0 Å². The van der Waals surface area contributed by atoms with Crippen molar-refractivity contribution in [1.82, 2.24) is 25.1 Å². The van der Waals surface area contributed by atoms with Crippen LogP contribution in [0.2, 0.25) is 0 Å². The van der Waals surface area contributed by atoms with Gasteiger partial charge in [-0.05, 0) is 29.8 Å². The Kier molecular flexibility index (Phi) is 4.54. The first-order valence-corrected chi connectivity index (χ1v) is 9.19. The Bertz CT molecular complexity index is 1230. The Morgan fingerprint density at radius 1 is 1.06 bits per heavy atom. The first-order valence-electron chi connectivity index (χ1n) is 9.19. The number of nitrogens with zero attached hydrogens (tertiary/aromatic N) is 5. The molecule has 0 aliphatic carbocycles. The quantitative estimate of drug-likeness (QED) is 0.447. The van der Waals surface area contributed by atoms with E-state index in [4.69, 9.17) is 9.26 Å². The second-order valence-electron chi connectivity index (χ2n) is 6.92. The van der Waals surface area contributed by atoms with E-state index >= 15 is 0 Å². The second-order valence-corrected chi connectivity index (χ2v) is 6.92. The second kappa shape index (κ2) is 7.27. The molecule has 0 spiro atoms. The predicted octanol–water partition coefficient (Wildman–Crippen LogP) is 4.42. The van der Waals surface area contributed by atoms with Crippen LogP contribution in [0.25, 0.3) is 23.0 Å². The molecule has 31 heavy (non-hydrogen) atoms. The molecule has 1 atom stereocenters. The summed E-state index contributed by atoms with van der Waals surface area (Å²) in [5, 5.41) is 11.9. The molecule has 1 aliphatic heterocycles. The molecule has 2 aromatic heterocycles. The highest BCUT2D eigenvalue weighted by molar-refractivity contribution is 5.59. The van der Waals surface area contributed by atoms with Crippen LogP contribution >= 0.6 is 0 Å². The molecule has 0 bridgehead atoms. The van der Waals surface area contributed by atoms with Gasteiger partial charge in [0.1, 0.15) is 11.9 Å². The minimum atomic E-state index is -4.48. The standard InChI is InChI=1S/C20H13F4N5O2/c21-14-6-4-11(5-7-14)16-9-29-15(10-30-16)17(26-28-29)19-25-18(27-31-19)12-2-1-3-13(8-12)20(22,23)24/h1-8,16H,9-10H2. The van der Waals surface area contributed by atoms with Gasteiger partial charge in [-0.1, -0.05) is 34.6 Å². The van der Waals surface area contributed by atoms with E-state index in [1.165, 1.54) is 24.3 Å². The lowest BCUT2D eigenvalue weighted by atomic mass is 10.1. The van der Waals surface area contributed by atoms with Crippen molar-refractivity contribution in [3.05, 3.63) is 71.2 Å². The van der Waals surface area contributed by atoms with Crippen LogP contribution in [-0.4, -0.2) is 25.1 Å². The zero-order chi connectivity index (χ0) is 21.6. The third-order valence-electron chi connectivity index (χ3n) is 4.92. The van der Waals surface area contributed by atoms with Crippen LogP contribution in [0.15, 0.2) is 53.1 Å². The van der Waals surface area contributed by atoms with Gasteiger partial charge in [-0.2, -0.15) is 18.2 Å². The van der Waals surface area contributed by atoms with E-state index in [0.717, 1.165) is 17.7 Å². The molecule has 0 amide bonds. The number of benzene rings is 2. The number of rotatable bonds is 3. The van der Waals surface area contributed by atoms with Crippen LogP contribution in [0, 0.1) is 5.82 Å². The van der Waals surface area contributed by atoms with Gasteiger partial charge in [0.2, 0.25) is 5.82 Å². The molecule has 5 rings (SSSR count). The predicted molar refractivity (Wildman–Crippen MR) is 97.7 cm³/mol. The molecule has 0 saturated carbocycles. The van der Waals surface area contributed by atoms with Crippen LogP contribution in [0.5, 0.6) is 0 Å². The van der Waals surface area contributed by atoms with Gasteiger partial charge in [0.15, 0.2) is 5.69 Å². The van der Waals surface area contributed by atoms with E-state index in [-0.39, 0.29) is 35.8 Å². The van der Waals surface area contributed by atoms with Gasteiger partial charge in [0, 0.05) is 5.56 Å². The number of hydrogen-bond acceptors (Lipinski definition) is 6. The van der Waals surface area contributed by atoms with Gasteiger partial charge in [0.05, 0.1) is 24.4 Å². The minimum absolute atomic E-state index is 0.00349. The molecular weight excluding hydrogens is 418 g/mol. The van der Waals surface area contributed by atoms with Gasteiger partial charge in [-0.15, -0.1) is 5.10 Å². The van der Waals surface area contributed by atoms with E-state index in [0.29, 0.717) is 17.9 Å². The summed E-state index contributed by atoms with van der Waals surface area (Å²) < 4.78 is 64.7. The van der Waals surface area contributed by atoms with Crippen LogP contribution in [0.1, 0.15) is 22.9 Å². The van der Waals surface area contributed by atoms with Crippen LogP contribution in [-0.2, 0) is 24.1 Å². The van der Waals surface area contributed by atoms with E-state index in [9.17, 15) is 17.6 Å². The fourth-order valence-electron chi connectivity index (χ4n) is 3.33. The molecule has 0 fully saturated rings. The Labute approximate surface area is 172 Å². The van der Waals surface area contributed by atoms with Gasteiger partial charge in [0.25, 0.3) is 5.89 Å². The molecule has 1 unspecified atom stereocenters. The molecule has 158 valence electrons. The number of halogens is 4. The highest BCUT2D eigenvalue weighted by Crippen LogP contribution is 2.33. The topological polar surface area (TPSA) is 78.9 Å². The van der Waals surface area contributed by atoms with Crippen molar-refractivity contribution in [1.29, 1.82) is 0 Å². The Hall–Kier alpha value is -3.60. The summed E-state index contributed by atoms with van der Waals surface area (Å²) in [4.78, 5) is 4.18. The summed E-state index contributed by atoms with van der Waals surface area (Å²) >= 11 is 0. The lowest BCUT2D eigenvalue weighted by molar-refractivity contribution is -0.137. The fraction of sp³-hybridized carbons (Fsp3) is 0.200. The van der Waals surface area contributed by atoms with Crippen molar-refractivity contribution < 1.29 is 26.8 Å². The first kappa shape index (κ1) is 19.4. The third kappa shape index (κ3) is 3.67. The molecular formula is C20H13F4N5O2. The van der Waals surface area contributed by atoms with Crippen molar-refractivity contribution in [3.63, 3.8) is 0 Å². The van der Waals surface area contributed by atoms with Crippen LogP contribution in [0.4, 0.5) is 17.6 Å². The lowest BCUT2D eigenvalue weighted by Gasteiger charge is -2.24. The van der Waals surface area contributed by atoms with E-state index < -0.39 is 11.7 Å². The summed E-state index contributed by atoms with van der Waals surface area (Å²) in [6.45, 7) is 0.494. The van der Waals surface area contributed by atoms with Crippen molar-refractivity contribution in [2.45, 2.75) is 25.4 Å². The largest absolute Gasteiger partial charge is 0.416 e. The monoisotopic (exact) mass is 431 g/mol. The van der Waals surface area contributed by atoms with E-state index in [1.807, 2.05) is 0 Å². The van der Waals surface area contributed by atoms with Crippen LogP contribution in [0.3, 0.4) is 0 Å². The molecule has 2 aromatic carbocycles. The fourth-order valence-corrected chi connectivity index (χ4v) is 3.33. The summed E-state index contributed by atoms with van der Waals surface area (Å²) in [7, 11) is 0. The molecule has 3 heterocycles. The maximum atomic E-state index is 13.1. The zero-order valence-corrected chi connectivity index (χ0v) is 15.7. The molecule has 1 aliphatic rings. The highest BCUT2D eigenvalue weighted by atomic mass is 19.4. The van der Waals surface area contributed by atoms with Crippen molar-refractivity contribution in [2.24, 2.45) is 0 Å². The first-order chi connectivity index (χ1) is 14.9. The van der Waals surface area contributed by atoms with Crippen molar-refractivity contribution >= 4 is 0 Å². The Morgan fingerprint density at radius 2 is 1.87 bits per heavy atom. The van der Waals surface area contributed by atoms with Crippen molar-refractivity contribution in [2.75, 3.05) is 0 Å². The third-order valence-corrected chi connectivity index (χ3v) is 4.92. The normalized spacial score (nSPS) is 16.3. The van der Waals surface area contributed by atoms with Gasteiger partial charge in [-0.25, -0.2) is 9.07 Å². The van der Waals surface area contributed by atoms with E-state index in [2.05, 4.69) is 20.5 Å².